The second kappa shape index (κ2) is 8.80. The van der Waals surface area contributed by atoms with Crippen molar-refractivity contribution < 1.29 is 4.79 Å². The van der Waals surface area contributed by atoms with Gasteiger partial charge in [0.1, 0.15) is 0 Å². The van der Waals surface area contributed by atoms with Gasteiger partial charge in [-0.15, -0.1) is 0 Å². The van der Waals surface area contributed by atoms with Crippen molar-refractivity contribution in [2.45, 2.75) is 33.2 Å². The summed E-state index contributed by atoms with van der Waals surface area (Å²) >= 11 is 0. The lowest BCUT2D eigenvalue weighted by molar-refractivity contribution is -0.117. The van der Waals surface area contributed by atoms with Crippen molar-refractivity contribution in [3.05, 3.63) is 29.8 Å². The van der Waals surface area contributed by atoms with Gasteiger partial charge in [-0.25, -0.2) is 0 Å². The topological polar surface area (TPSA) is 58.4 Å². The molecule has 4 nitrogen and oxygen atoms in total. The molecule has 0 aliphatic carbocycles. The van der Waals surface area contributed by atoms with E-state index < -0.39 is 0 Å². The fourth-order valence-corrected chi connectivity index (χ4v) is 2.52. The van der Waals surface area contributed by atoms with Gasteiger partial charge in [-0.05, 0) is 56.6 Å². The Balaban J connectivity index is 2.57. The van der Waals surface area contributed by atoms with Crippen LogP contribution in [0.15, 0.2) is 24.3 Å². The Bertz CT molecular complexity index is 443. The lowest BCUT2D eigenvalue weighted by Crippen LogP contribution is -2.23. The molecule has 1 aromatic rings. The molecular weight excluding hydrogens is 262 g/mol. The molecular formula is C17H29N3O. The Morgan fingerprint density at radius 2 is 2.05 bits per heavy atom. The van der Waals surface area contributed by atoms with Crippen LogP contribution in [0.2, 0.25) is 0 Å². The Morgan fingerprint density at radius 3 is 2.62 bits per heavy atom. The van der Waals surface area contributed by atoms with E-state index in [0.29, 0.717) is 18.9 Å². The smallest absolute Gasteiger partial charge is 0.224 e. The minimum atomic E-state index is 0.0492. The van der Waals surface area contributed by atoms with Gasteiger partial charge < -0.3 is 16.0 Å². The van der Waals surface area contributed by atoms with Crippen LogP contribution in [0.1, 0.15) is 32.3 Å². The van der Waals surface area contributed by atoms with Crippen LogP contribution < -0.4 is 11.1 Å². The van der Waals surface area contributed by atoms with Crippen molar-refractivity contribution in [2.24, 2.45) is 17.6 Å². The number of carbonyl (C=O) groups is 1. The van der Waals surface area contributed by atoms with E-state index in [1.54, 1.807) is 0 Å². The normalized spacial score (nSPS) is 12.7. The molecule has 0 saturated heterocycles. The summed E-state index contributed by atoms with van der Waals surface area (Å²) in [6.45, 7) is 5.74. The fraction of sp³-hybridized carbons (Fsp3) is 0.588. The van der Waals surface area contributed by atoms with E-state index in [9.17, 15) is 4.79 Å². The number of carbonyl (C=O) groups excluding carboxylic acids is 1. The molecule has 1 amide bonds. The van der Waals surface area contributed by atoms with Crippen LogP contribution in [-0.4, -0.2) is 31.4 Å². The lowest BCUT2D eigenvalue weighted by Gasteiger charge is -2.17. The molecule has 0 aliphatic rings. The number of nitrogens with two attached hydrogens (primary N) is 1. The third kappa shape index (κ3) is 7.25. The number of anilines is 1. The number of hydrogen-bond donors (Lipinski definition) is 2. The summed E-state index contributed by atoms with van der Waals surface area (Å²) in [4.78, 5) is 14.2. The number of amides is 1. The molecule has 0 saturated carbocycles. The Labute approximate surface area is 128 Å². The predicted molar refractivity (Wildman–Crippen MR) is 89.1 cm³/mol. The van der Waals surface area contributed by atoms with E-state index in [0.717, 1.165) is 18.7 Å². The maximum absolute atomic E-state index is 12.1. The summed E-state index contributed by atoms with van der Waals surface area (Å²) in [6.07, 6.45) is 1.48. The molecule has 0 bridgehead atoms. The highest BCUT2D eigenvalue weighted by atomic mass is 16.1. The second-order valence-corrected chi connectivity index (χ2v) is 6.42. The van der Waals surface area contributed by atoms with E-state index in [2.05, 4.69) is 30.1 Å². The van der Waals surface area contributed by atoms with Crippen LogP contribution in [-0.2, 0) is 11.3 Å². The molecule has 0 aliphatic heterocycles. The summed E-state index contributed by atoms with van der Waals surface area (Å²) < 4.78 is 0. The molecule has 1 atom stereocenters. The molecule has 118 valence electrons. The highest BCUT2D eigenvalue weighted by Crippen LogP contribution is 2.17. The van der Waals surface area contributed by atoms with Crippen LogP contribution in [0, 0.1) is 11.8 Å². The first-order valence-corrected chi connectivity index (χ1v) is 7.64. The molecule has 3 N–H and O–H groups in total. The maximum Gasteiger partial charge on any atom is 0.224 e. The van der Waals surface area contributed by atoms with Gasteiger partial charge in [0, 0.05) is 18.7 Å². The average Bonchev–Trinajstić information content (AvgIpc) is 2.36. The third-order valence-corrected chi connectivity index (χ3v) is 3.32. The first-order chi connectivity index (χ1) is 9.90. The summed E-state index contributed by atoms with van der Waals surface area (Å²) in [5.74, 6) is 0.873. The minimum absolute atomic E-state index is 0.0492. The van der Waals surface area contributed by atoms with Crippen LogP contribution >= 0.6 is 0 Å². The molecule has 1 aromatic carbocycles. The predicted octanol–water partition coefficient (Wildman–Crippen LogP) is 2.70. The monoisotopic (exact) mass is 291 g/mol. The lowest BCUT2D eigenvalue weighted by atomic mass is 9.94. The van der Waals surface area contributed by atoms with Crippen molar-refractivity contribution in [3.8, 4) is 0 Å². The first-order valence-electron chi connectivity index (χ1n) is 7.64. The number of hydrogen-bond acceptors (Lipinski definition) is 3. The van der Waals surface area contributed by atoms with Gasteiger partial charge in [0.05, 0.1) is 0 Å². The van der Waals surface area contributed by atoms with Crippen molar-refractivity contribution >= 4 is 11.6 Å². The Kier molecular flexibility index (Phi) is 7.40. The van der Waals surface area contributed by atoms with Crippen LogP contribution in [0.25, 0.3) is 0 Å². The van der Waals surface area contributed by atoms with Gasteiger partial charge in [0.15, 0.2) is 0 Å². The van der Waals surface area contributed by atoms with Crippen LogP contribution in [0.4, 0.5) is 5.69 Å². The largest absolute Gasteiger partial charge is 0.330 e. The number of nitrogens with one attached hydrogen (secondary N) is 1. The summed E-state index contributed by atoms with van der Waals surface area (Å²) in [6, 6.07) is 7.99. The minimum Gasteiger partial charge on any atom is -0.330 e. The summed E-state index contributed by atoms with van der Waals surface area (Å²) in [5, 5.41) is 2.98. The zero-order valence-corrected chi connectivity index (χ0v) is 13.7. The highest BCUT2D eigenvalue weighted by molar-refractivity contribution is 5.90. The zero-order chi connectivity index (χ0) is 15.8. The maximum atomic E-state index is 12.1. The van der Waals surface area contributed by atoms with E-state index in [-0.39, 0.29) is 11.8 Å². The van der Waals surface area contributed by atoms with Gasteiger partial charge >= 0.3 is 0 Å². The Morgan fingerprint density at radius 1 is 1.33 bits per heavy atom. The molecule has 0 fully saturated rings. The number of rotatable bonds is 8. The first kappa shape index (κ1) is 17.7. The van der Waals surface area contributed by atoms with Crippen molar-refractivity contribution in [1.29, 1.82) is 0 Å². The Hall–Kier alpha value is -1.39. The van der Waals surface area contributed by atoms with Gasteiger partial charge in [-0.3, -0.25) is 4.79 Å². The van der Waals surface area contributed by atoms with Gasteiger partial charge in [0.2, 0.25) is 5.91 Å². The molecule has 0 aromatic heterocycles. The quantitative estimate of drug-likeness (QED) is 0.774. The van der Waals surface area contributed by atoms with Crippen molar-refractivity contribution in [3.63, 3.8) is 0 Å². The van der Waals surface area contributed by atoms with Crippen molar-refractivity contribution in [1.82, 2.24) is 4.90 Å². The molecule has 0 radical (unpaired) electrons. The summed E-state index contributed by atoms with van der Waals surface area (Å²) in [7, 11) is 4.06. The van der Waals surface area contributed by atoms with E-state index in [1.165, 1.54) is 5.56 Å². The van der Waals surface area contributed by atoms with Crippen LogP contribution in [0.5, 0.6) is 0 Å². The molecule has 0 unspecified atom stereocenters. The molecule has 0 heterocycles. The van der Waals surface area contributed by atoms with E-state index >= 15 is 0 Å². The summed E-state index contributed by atoms with van der Waals surface area (Å²) in [5.41, 5.74) is 7.81. The molecule has 1 rings (SSSR count). The van der Waals surface area contributed by atoms with Crippen molar-refractivity contribution in [2.75, 3.05) is 26.0 Å². The molecule has 21 heavy (non-hydrogen) atoms. The second-order valence-electron chi connectivity index (χ2n) is 6.42. The van der Waals surface area contributed by atoms with Gasteiger partial charge in [0.25, 0.3) is 0 Å². The number of benzene rings is 1. The third-order valence-electron chi connectivity index (χ3n) is 3.32. The number of nitrogens with zero attached hydrogens (tertiary/aromatic N) is 1. The van der Waals surface area contributed by atoms with E-state index in [4.69, 9.17) is 5.73 Å². The van der Waals surface area contributed by atoms with Crippen LogP contribution in [0.3, 0.4) is 0 Å². The fourth-order valence-electron chi connectivity index (χ4n) is 2.52. The van der Waals surface area contributed by atoms with Gasteiger partial charge in [-0.2, -0.15) is 0 Å². The van der Waals surface area contributed by atoms with Gasteiger partial charge in [-0.1, -0.05) is 26.0 Å². The standard InChI is InChI=1S/C17H29N3O/c1-13(2)8-15(11-18)10-17(21)19-16-7-5-6-14(9-16)12-20(3)4/h5-7,9,13,15H,8,10-12,18H2,1-4H3,(H,19,21)/t15-/m0/s1. The molecule has 0 spiro atoms. The zero-order valence-electron chi connectivity index (χ0n) is 13.7. The highest BCUT2D eigenvalue weighted by Gasteiger charge is 2.14. The molecule has 4 heteroatoms. The average molecular weight is 291 g/mol. The van der Waals surface area contributed by atoms with E-state index in [1.807, 2.05) is 32.3 Å². The SMILES string of the molecule is CC(C)C[C@H](CN)CC(=O)Nc1cccc(CN(C)C)c1.